The zero-order valence-electron chi connectivity index (χ0n) is 20.1. The maximum Gasteiger partial charge on any atom is 0.427 e. The molecule has 194 valence electrons. The number of nitrogens with one attached hydrogen (secondary N) is 1. The number of H-pyrrole nitrogens is 1. The van der Waals surface area contributed by atoms with Crippen LogP contribution in [0.2, 0.25) is 0 Å². The number of piperidine rings is 1. The Morgan fingerprint density at radius 2 is 1.72 bits per heavy atom. The van der Waals surface area contributed by atoms with E-state index in [2.05, 4.69) is 19.5 Å². The van der Waals surface area contributed by atoms with Gasteiger partial charge in [0.2, 0.25) is 0 Å². The Kier molecular flexibility index (Phi) is 5.03. The largest absolute Gasteiger partial charge is 0.427 e. The van der Waals surface area contributed by atoms with Gasteiger partial charge in [-0.25, -0.2) is 9.78 Å². The molecule has 3 aliphatic heterocycles. The molecule has 2 amide bonds. The number of nitrogens with zero attached hydrogens (tertiary/aromatic N) is 6. The monoisotopic (exact) mass is 521 g/mol. The van der Waals surface area contributed by atoms with Gasteiger partial charge in [-0.1, -0.05) is 0 Å². The first-order valence-electron chi connectivity index (χ1n) is 12.9. The number of rotatable bonds is 4. The van der Waals surface area contributed by atoms with Crippen molar-refractivity contribution < 1.29 is 18.0 Å². The molecule has 12 heteroatoms. The van der Waals surface area contributed by atoms with Crippen LogP contribution in [0.4, 0.5) is 18.0 Å². The van der Waals surface area contributed by atoms with Gasteiger partial charge >= 0.3 is 12.2 Å². The number of halogens is 3. The van der Waals surface area contributed by atoms with Gasteiger partial charge in [0.15, 0.2) is 5.82 Å². The van der Waals surface area contributed by atoms with Gasteiger partial charge < -0.3 is 9.80 Å². The highest BCUT2D eigenvalue weighted by molar-refractivity contribution is 7.05. The number of likely N-dealkylation sites (tertiary alicyclic amines) is 3. The molecule has 2 saturated carbocycles. The summed E-state index contributed by atoms with van der Waals surface area (Å²) < 4.78 is 42.4. The Morgan fingerprint density at radius 3 is 2.33 bits per heavy atom. The van der Waals surface area contributed by atoms with Crippen LogP contribution in [0.5, 0.6) is 0 Å². The number of urea groups is 1. The first kappa shape index (κ1) is 22.9. The summed E-state index contributed by atoms with van der Waals surface area (Å²) in [4.78, 5) is 23.2. The Labute approximate surface area is 211 Å². The number of hydrogen-bond donors (Lipinski definition) is 1. The van der Waals surface area contributed by atoms with Gasteiger partial charge in [0.1, 0.15) is 10.7 Å². The molecular weight excluding hydrogens is 491 g/mol. The number of carbonyl (C=O) groups excluding carboxylic acids is 1. The van der Waals surface area contributed by atoms with Crippen molar-refractivity contribution in [3.8, 4) is 0 Å². The van der Waals surface area contributed by atoms with Gasteiger partial charge in [-0.05, 0) is 69.2 Å². The molecule has 0 bridgehead atoms. The van der Waals surface area contributed by atoms with Crippen molar-refractivity contribution in [3.63, 3.8) is 0 Å². The summed E-state index contributed by atoms with van der Waals surface area (Å²) in [6, 6.07) is 1.33. The van der Waals surface area contributed by atoms with Crippen LogP contribution in [0.1, 0.15) is 72.6 Å². The van der Waals surface area contributed by atoms with E-state index in [4.69, 9.17) is 4.98 Å². The van der Waals surface area contributed by atoms with Crippen molar-refractivity contribution in [1.29, 1.82) is 0 Å². The Morgan fingerprint density at radius 1 is 1.06 bits per heavy atom. The average Bonchev–Trinajstić information content (AvgIpc) is 3.29. The molecule has 0 radical (unpaired) electrons. The summed E-state index contributed by atoms with van der Waals surface area (Å²) in [7, 11) is 0. The summed E-state index contributed by atoms with van der Waals surface area (Å²) in [5.41, 5.74) is 0.918. The lowest BCUT2D eigenvalue weighted by Crippen LogP contribution is -2.70. The standard InChI is InChI=1S/C24H30F3N7OS/c25-24(26,27)18-7-17(31-36-18)10-32-5-3-22(4-6-32)11-33(12-22)21(35)34-13-23(14-34)8-16(9-23)20-28-19(29-30-20)15-1-2-15/h7,15-16H,1-6,8-14H2,(H,28,29,30). The highest BCUT2D eigenvalue weighted by Gasteiger charge is 2.57. The predicted octanol–water partition coefficient (Wildman–Crippen LogP) is 4.05. The Balaban J connectivity index is 0.843. The Bertz CT molecular complexity index is 1140. The molecule has 5 fully saturated rings. The third kappa shape index (κ3) is 4.00. The maximum atomic E-state index is 13.0. The highest BCUT2D eigenvalue weighted by atomic mass is 32.1. The second-order valence-corrected chi connectivity index (χ2v) is 12.7. The van der Waals surface area contributed by atoms with Gasteiger partial charge in [0.05, 0.1) is 5.69 Å². The number of aromatic nitrogens is 4. The lowest BCUT2D eigenvalue weighted by molar-refractivity contribution is -0.134. The summed E-state index contributed by atoms with van der Waals surface area (Å²) in [5.74, 6) is 3.02. The molecule has 1 N–H and O–H groups in total. The average molecular weight is 522 g/mol. The van der Waals surface area contributed by atoms with Crippen LogP contribution in [-0.2, 0) is 12.7 Å². The lowest BCUT2D eigenvalue weighted by Gasteiger charge is -2.61. The van der Waals surface area contributed by atoms with E-state index in [9.17, 15) is 18.0 Å². The van der Waals surface area contributed by atoms with E-state index in [-0.39, 0.29) is 16.9 Å². The van der Waals surface area contributed by atoms with E-state index >= 15 is 0 Å². The first-order valence-corrected chi connectivity index (χ1v) is 13.7. The molecule has 2 spiro atoms. The summed E-state index contributed by atoms with van der Waals surface area (Å²) >= 11 is 0.525. The van der Waals surface area contributed by atoms with Gasteiger partial charge in [0, 0.05) is 55.4 Å². The number of alkyl halides is 3. The van der Waals surface area contributed by atoms with E-state index in [1.165, 1.54) is 18.9 Å². The molecular formula is C24H30F3N7OS. The van der Waals surface area contributed by atoms with E-state index in [0.717, 1.165) is 76.6 Å². The summed E-state index contributed by atoms with van der Waals surface area (Å²) in [6.45, 7) is 5.39. The molecule has 2 aromatic rings. The third-order valence-electron chi connectivity index (χ3n) is 8.99. The van der Waals surface area contributed by atoms with Gasteiger partial charge in [-0.15, -0.1) is 0 Å². The second kappa shape index (κ2) is 7.89. The van der Waals surface area contributed by atoms with E-state index in [1.54, 1.807) is 0 Å². The Hall–Kier alpha value is -2.21. The van der Waals surface area contributed by atoms with Crippen LogP contribution in [0, 0.1) is 10.8 Å². The molecule has 2 aliphatic carbocycles. The highest BCUT2D eigenvalue weighted by Crippen LogP contribution is 2.56. The van der Waals surface area contributed by atoms with Crippen molar-refractivity contribution in [1.82, 2.24) is 34.3 Å². The molecule has 8 nitrogen and oxygen atoms in total. The number of hydrogen-bond acceptors (Lipinski definition) is 6. The molecule has 5 aliphatic rings. The zero-order chi connectivity index (χ0) is 24.7. The smallest absolute Gasteiger partial charge is 0.323 e. The topological polar surface area (TPSA) is 81.3 Å². The normalized spacial score (nSPS) is 25.6. The van der Waals surface area contributed by atoms with Gasteiger partial charge in [-0.2, -0.15) is 22.6 Å². The number of aromatic amines is 1. The maximum absolute atomic E-state index is 13.0. The minimum Gasteiger partial charge on any atom is -0.323 e. The van der Waals surface area contributed by atoms with Crippen molar-refractivity contribution in [2.75, 3.05) is 39.3 Å². The van der Waals surface area contributed by atoms with Crippen molar-refractivity contribution in [2.24, 2.45) is 10.8 Å². The van der Waals surface area contributed by atoms with E-state index in [1.807, 2.05) is 9.80 Å². The van der Waals surface area contributed by atoms with Crippen molar-refractivity contribution >= 4 is 17.6 Å². The first-order chi connectivity index (χ1) is 17.2. The van der Waals surface area contributed by atoms with Crippen LogP contribution in [0.3, 0.4) is 0 Å². The quantitative estimate of drug-likeness (QED) is 0.657. The predicted molar refractivity (Wildman–Crippen MR) is 125 cm³/mol. The second-order valence-electron chi connectivity index (χ2n) is 11.9. The van der Waals surface area contributed by atoms with Crippen LogP contribution < -0.4 is 0 Å². The number of amides is 2. The molecule has 0 atom stereocenters. The van der Waals surface area contributed by atoms with E-state index in [0.29, 0.717) is 35.6 Å². The molecule has 0 aromatic carbocycles. The van der Waals surface area contributed by atoms with Gasteiger partial charge in [0.25, 0.3) is 0 Å². The van der Waals surface area contributed by atoms with Crippen LogP contribution in [-0.4, -0.2) is 79.6 Å². The SMILES string of the molecule is O=C(N1CC2(CCN(Cc3cc(C(F)(F)F)sn3)CC2)C1)N1CC2(CC(c3n[nH]c(C4CC4)n3)C2)C1. The van der Waals surface area contributed by atoms with E-state index < -0.39 is 11.1 Å². The zero-order valence-corrected chi connectivity index (χ0v) is 20.9. The minimum atomic E-state index is -4.32. The summed E-state index contributed by atoms with van der Waals surface area (Å²) in [6.07, 6.45) is 2.20. The minimum absolute atomic E-state index is 0.160. The van der Waals surface area contributed by atoms with Crippen LogP contribution >= 0.6 is 11.5 Å². The summed E-state index contributed by atoms with van der Waals surface area (Å²) in [5, 5.41) is 7.55. The fourth-order valence-electron chi connectivity index (χ4n) is 6.68. The fourth-order valence-corrected chi connectivity index (χ4v) is 7.30. The third-order valence-corrected chi connectivity index (χ3v) is 9.87. The fraction of sp³-hybridized carbons (Fsp3) is 0.750. The molecule has 3 saturated heterocycles. The van der Waals surface area contributed by atoms with Crippen molar-refractivity contribution in [2.45, 2.75) is 63.1 Å². The molecule has 0 unspecified atom stereocenters. The van der Waals surface area contributed by atoms with Gasteiger partial charge in [-0.3, -0.25) is 10.00 Å². The molecule has 2 aromatic heterocycles. The number of carbonyl (C=O) groups is 1. The molecule has 36 heavy (non-hydrogen) atoms. The van der Waals surface area contributed by atoms with Crippen molar-refractivity contribution in [3.05, 3.63) is 28.3 Å². The molecule has 7 rings (SSSR count). The lowest BCUT2D eigenvalue weighted by atomic mass is 9.57. The molecule has 5 heterocycles. The van der Waals surface area contributed by atoms with Crippen LogP contribution in [0.15, 0.2) is 6.07 Å². The van der Waals surface area contributed by atoms with Crippen LogP contribution in [0.25, 0.3) is 0 Å².